The van der Waals surface area contributed by atoms with Gasteiger partial charge in [0.15, 0.2) is 0 Å². The summed E-state index contributed by atoms with van der Waals surface area (Å²) in [4.78, 5) is 20.8. The fourth-order valence-corrected chi connectivity index (χ4v) is 1.54. The lowest BCUT2D eigenvalue weighted by molar-refractivity contribution is -0.298. The summed E-state index contributed by atoms with van der Waals surface area (Å²) >= 11 is 0. The van der Waals surface area contributed by atoms with E-state index in [2.05, 4.69) is 0 Å². The molecule has 0 atom stereocenters. The third kappa shape index (κ3) is 4.57. The highest BCUT2D eigenvalue weighted by molar-refractivity contribution is 5.89. The van der Waals surface area contributed by atoms with Crippen molar-refractivity contribution in [2.24, 2.45) is 0 Å². The van der Waals surface area contributed by atoms with Gasteiger partial charge in [0.05, 0.1) is 11.9 Å². The van der Waals surface area contributed by atoms with Crippen molar-refractivity contribution in [3.05, 3.63) is 35.4 Å². The third-order valence-corrected chi connectivity index (χ3v) is 2.40. The number of benzene rings is 1. The summed E-state index contributed by atoms with van der Waals surface area (Å²) in [7, 11) is 0. The number of carbonyl (C=O) groups excluding carboxylic acids is 2. The van der Waals surface area contributed by atoms with E-state index >= 15 is 0 Å². The van der Waals surface area contributed by atoms with Crippen LogP contribution in [0.15, 0.2) is 24.3 Å². The number of carbonyl (C=O) groups is 2. The van der Waals surface area contributed by atoms with Gasteiger partial charge in [-0.05, 0) is 24.3 Å². The molecule has 22 heavy (non-hydrogen) atoms. The second-order valence-electron chi connectivity index (χ2n) is 3.85. The Labute approximate surface area is 123 Å². The molecule has 10 heteroatoms. The SMILES string of the molecule is O=C([O-])C=Cc1cc(C=CC(=O)[O-])c(N(O)O)cc1N(O)O. The second kappa shape index (κ2) is 7.19. The lowest BCUT2D eigenvalue weighted by Gasteiger charge is -2.18. The Hall–Kier alpha value is -2.92. The molecule has 0 heterocycles. The number of hydrogen-bond donors (Lipinski definition) is 4. The Bertz CT molecular complexity index is 585. The maximum atomic E-state index is 10.4. The molecule has 4 N–H and O–H groups in total. The maximum absolute atomic E-state index is 10.4. The lowest BCUT2D eigenvalue weighted by atomic mass is 10.0. The Morgan fingerprint density at radius 2 is 1.18 bits per heavy atom. The molecule has 0 radical (unpaired) electrons. The molecular weight excluding hydrogens is 300 g/mol. The van der Waals surface area contributed by atoms with E-state index in [-0.39, 0.29) is 21.6 Å². The first-order valence-corrected chi connectivity index (χ1v) is 5.54. The minimum absolute atomic E-state index is 0.0854. The standard InChI is InChI=1S/C12H12N2O8/c15-11(16)3-1-7-5-8(2-4-12(17)18)10(14(21)22)6-9(7)13(19)20/h1-6,19-22H,(H,15,16)(H,17,18)/p-2. The summed E-state index contributed by atoms with van der Waals surface area (Å²) in [5.74, 6) is -3.12. The van der Waals surface area contributed by atoms with Crippen LogP contribution in [0, 0.1) is 0 Å². The van der Waals surface area contributed by atoms with Crippen LogP contribution in [0.2, 0.25) is 0 Å². The van der Waals surface area contributed by atoms with Gasteiger partial charge in [-0.3, -0.25) is 20.8 Å². The van der Waals surface area contributed by atoms with E-state index in [0.29, 0.717) is 12.2 Å². The molecule has 10 nitrogen and oxygen atoms in total. The second-order valence-corrected chi connectivity index (χ2v) is 3.85. The lowest BCUT2D eigenvalue weighted by Crippen LogP contribution is -2.19. The summed E-state index contributed by atoms with van der Waals surface area (Å²) in [6.07, 6.45) is 3.04. The number of carboxylic acid groups (broad SMARTS) is 2. The molecule has 118 valence electrons. The quantitative estimate of drug-likeness (QED) is 0.354. The third-order valence-electron chi connectivity index (χ3n) is 2.40. The first kappa shape index (κ1) is 17.1. The van der Waals surface area contributed by atoms with Crippen LogP contribution < -0.4 is 20.7 Å². The maximum Gasteiger partial charge on any atom is 0.104 e. The zero-order valence-electron chi connectivity index (χ0n) is 10.8. The van der Waals surface area contributed by atoms with Gasteiger partial charge >= 0.3 is 0 Å². The first-order valence-electron chi connectivity index (χ1n) is 5.54. The molecule has 0 saturated carbocycles. The average Bonchev–Trinajstić information content (AvgIpc) is 2.41. The molecule has 0 bridgehead atoms. The van der Waals surface area contributed by atoms with Crippen molar-refractivity contribution in [3.63, 3.8) is 0 Å². The van der Waals surface area contributed by atoms with E-state index in [1.165, 1.54) is 0 Å². The van der Waals surface area contributed by atoms with Crippen molar-refractivity contribution in [1.29, 1.82) is 0 Å². The minimum atomic E-state index is -1.56. The molecule has 0 unspecified atom stereocenters. The predicted octanol–water partition coefficient (Wildman–Crippen LogP) is -1.62. The van der Waals surface area contributed by atoms with Gasteiger partial charge in [-0.25, -0.2) is 0 Å². The van der Waals surface area contributed by atoms with Crippen LogP contribution in [0.4, 0.5) is 11.4 Å². The molecule has 0 aliphatic carbocycles. The van der Waals surface area contributed by atoms with E-state index in [0.717, 1.165) is 24.3 Å². The summed E-state index contributed by atoms with van der Waals surface area (Å²) in [6.45, 7) is 0. The Morgan fingerprint density at radius 1 is 0.818 bits per heavy atom. The predicted molar refractivity (Wildman–Crippen MR) is 66.6 cm³/mol. The van der Waals surface area contributed by atoms with E-state index in [4.69, 9.17) is 20.8 Å². The average molecular weight is 310 g/mol. The summed E-state index contributed by atoms with van der Waals surface area (Å²) in [5, 5.41) is 56.3. The summed E-state index contributed by atoms with van der Waals surface area (Å²) < 4.78 is 0. The van der Waals surface area contributed by atoms with E-state index in [1.54, 1.807) is 0 Å². The molecular formula is C12H10N2O8-2. The number of nitrogens with zero attached hydrogens (tertiary/aromatic N) is 2. The molecule has 1 aromatic rings. The van der Waals surface area contributed by atoms with Crippen molar-refractivity contribution in [2.75, 3.05) is 10.5 Å². The fraction of sp³-hybridized carbons (Fsp3) is 0. The van der Waals surface area contributed by atoms with Crippen LogP contribution in [-0.4, -0.2) is 32.8 Å². The van der Waals surface area contributed by atoms with Crippen molar-refractivity contribution in [1.82, 2.24) is 0 Å². The van der Waals surface area contributed by atoms with Crippen LogP contribution >= 0.6 is 0 Å². The topological polar surface area (TPSA) is 168 Å². The molecule has 0 amide bonds. The van der Waals surface area contributed by atoms with E-state index in [1.807, 2.05) is 0 Å². The van der Waals surface area contributed by atoms with Crippen molar-refractivity contribution in [2.45, 2.75) is 0 Å². The highest BCUT2D eigenvalue weighted by atomic mass is 16.8. The van der Waals surface area contributed by atoms with Crippen molar-refractivity contribution < 1.29 is 40.6 Å². The van der Waals surface area contributed by atoms with Gasteiger partial charge in [0.1, 0.15) is 11.4 Å². The number of anilines is 2. The molecule has 0 saturated heterocycles. The zero-order valence-corrected chi connectivity index (χ0v) is 10.8. The minimum Gasteiger partial charge on any atom is -0.545 e. The highest BCUT2D eigenvalue weighted by Crippen LogP contribution is 2.30. The van der Waals surface area contributed by atoms with Crippen LogP contribution in [0.3, 0.4) is 0 Å². The Kier molecular flexibility index (Phi) is 5.60. The number of rotatable bonds is 6. The monoisotopic (exact) mass is 310 g/mol. The largest absolute Gasteiger partial charge is 0.545 e. The number of aliphatic carboxylic acids is 2. The van der Waals surface area contributed by atoms with Crippen molar-refractivity contribution >= 4 is 35.5 Å². The molecule has 0 aliphatic rings. The van der Waals surface area contributed by atoms with Gasteiger partial charge < -0.3 is 19.8 Å². The van der Waals surface area contributed by atoms with Crippen molar-refractivity contribution in [3.8, 4) is 0 Å². The van der Waals surface area contributed by atoms with Gasteiger partial charge in [-0.1, -0.05) is 12.2 Å². The molecule has 0 spiro atoms. The Morgan fingerprint density at radius 3 is 1.45 bits per heavy atom. The number of hydrogen-bond acceptors (Lipinski definition) is 10. The smallest absolute Gasteiger partial charge is 0.104 e. The molecule has 0 aliphatic heterocycles. The molecule has 0 fully saturated rings. The van der Waals surface area contributed by atoms with Crippen LogP contribution in [0.5, 0.6) is 0 Å². The molecule has 0 aromatic heterocycles. The van der Waals surface area contributed by atoms with E-state index < -0.39 is 23.3 Å². The first-order chi connectivity index (χ1) is 10.2. The van der Waals surface area contributed by atoms with Gasteiger partial charge in [-0.2, -0.15) is 0 Å². The normalized spacial score (nSPS) is 11.1. The van der Waals surface area contributed by atoms with Gasteiger partial charge in [0, 0.05) is 11.1 Å². The highest BCUT2D eigenvalue weighted by Gasteiger charge is 2.14. The van der Waals surface area contributed by atoms with Crippen LogP contribution in [-0.2, 0) is 9.59 Å². The van der Waals surface area contributed by atoms with Gasteiger partial charge in [-0.15, -0.1) is 10.5 Å². The Balaban J connectivity index is 3.51. The van der Waals surface area contributed by atoms with Crippen LogP contribution in [0.1, 0.15) is 11.1 Å². The fourth-order valence-electron chi connectivity index (χ4n) is 1.54. The molecule has 1 aromatic carbocycles. The molecule has 1 rings (SSSR count). The van der Waals surface area contributed by atoms with E-state index in [9.17, 15) is 19.8 Å². The number of carboxylic acids is 2. The van der Waals surface area contributed by atoms with Gasteiger partial charge in [0.2, 0.25) is 0 Å². The van der Waals surface area contributed by atoms with Gasteiger partial charge in [0.25, 0.3) is 0 Å². The van der Waals surface area contributed by atoms with Crippen LogP contribution in [0.25, 0.3) is 12.2 Å². The zero-order chi connectivity index (χ0) is 16.9. The summed E-state index contributed by atoms with van der Waals surface area (Å²) in [6, 6.07) is 1.92. The summed E-state index contributed by atoms with van der Waals surface area (Å²) in [5.41, 5.74) is -0.993.